The molecule has 2 aromatic carbocycles. The van der Waals surface area contributed by atoms with E-state index in [2.05, 4.69) is 53.0 Å². The van der Waals surface area contributed by atoms with Gasteiger partial charge in [0, 0.05) is 5.39 Å². The molecule has 0 saturated carbocycles. The van der Waals surface area contributed by atoms with Crippen LogP contribution in [0.5, 0.6) is 5.75 Å². The molecule has 0 atom stereocenters. The van der Waals surface area contributed by atoms with Crippen molar-refractivity contribution in [2.75, 3.05) is 0 Å². The van der Waals surface area contributed by atoms with Crippen molar-refractivity contribution in [3.05, 3.63) is 41.7 Å². The van der Waals surface area contributed by atoms with Crippen LogP contribution in [0.2, 0.25) is 5.04 Å². The predicted octanol–water partition coefficient (Wildman–Crippen LogP) is 5.82. The van der Waals surface area contributed by atoms with Crippen LogP contribution < -0.4 is 0 Å². The zero-order valence-electron chi connectivity index (χ0n) is 15.9. The van der Waals surface area contributed by atoms with Gasteiger partial charge in [-0.05, 0) is 52.4 Å². The van der Waals surface area contributed by atoms with Crippen molar-refractivity contribution in [1.82, 2.24) is 0 Å². The molecule has 0 aliphatic rings. The summed E-state index contributed by atoms with van der Waals surface area (Å²) in [7, 11) is 0.448. The molecule has 25 heavy (non-hydrogen) atoms. The topological polar surface area (TPSA) is 20.2 Å². The van der Waals surface area contributed by atoms with Crippen LogP contribution >= 0.6 is 0 Å². The SMILES string of the molecule is CC(C)C([Si]C#Cc1c(F)ccc2cc(O)ccc12)(C(C)C)C(C)C. The number of rotatable bonds is 4. The highest BCUT2D eigenvalue weighted by Crippen LogP contribution is 2.49. The van der Waals surface area contributed by atoms with Crippen LogP contribution in [0, 0.1) is 35.0 Å². The van der Waals surface area contributed by atoms with Crippen molar-refractivity contribution >= 4 is 20.3 Å². The van der Waals surface area contributed by atoms with Crippen molar-refractivity contribution in [3.8, 4) is 17.2 Å². The van der Waals surface area contributed by atoms with Crippen molar-refractivity contribution in [1.29, 1.82) is 0 Å². The van der Waals surface area contributed by atoms with Crippen LogP contribution in [-0.4, -0.2) is 14.6 Å². The summed E-state index contributed by atoms with van der Waals surface area (Å²) < 4.78 is 14.4. The number of phenols is 1. The third-order valence-corrected chi connectivity index (χ3v) is 7.70. The van der Waals surface area contributed by atoms with Gasteiger partial charge in [0.1, 0.15) is 11.6 Å². The summed E-state index contributed by atoms with van der Waals surface area (Å²) in [5.74, 6) is 4.50. The fourth-order valence-electron chi connectivity index (χ4n) is 4.05. The number of hydrogen-bond donors (Lipinski definition) is 1. The summed E-state index contributed by atoms with van der Waals surface area (Å²) in [6.07, 6.45) is 0. The van der Waals surface area contributed by atoms with E-state index in [0.29, 0.717) is 32.8 Å². The van der Waals surface area contributed by atoms with Crippen molar-refractivity contribution in [3.63, 3.8) is 0 Å². The van der Waals surface area contributed by atoms with Gasteiger partial charge < -0.3 is 5.11 Å². The Balaban J connectivity index is 2.47. The Morgan fingerprint density at radius 2 is 1.56 bits per heavy atom. The molecule has 0 unspecified atom stereocenters. The second kappa shape index (κ2) is 7.62. The van der Waals surface area contributed by atoms with E-state index in [1.807, 2.05) is 0 Å². The van der Waals surface area contributed by atoms with Gasteiger partial charge in [0.15, 0.2) is 9.52 Å². The molecule has 1 nitrogen and oxygen atoms in total. The number of phenolic OH excluding ortho intramolecular Hbond substituents is 1. The van der Waals surface area contributed by atoms with E-state index in [9.17, 15) is 9.50 Å². The summed E-state index contributed by atoms with van der Waals surface area (Å²) in [4.78, 5) is 0. The van der Waals surface area contributed by atoms with E-state index < -0.39 is 0 Å². The third-order valence-electron chi connectivity index (χ3n) is 5.29. The van der Waals surface area contributed by atoms with E-state index in [0.717, 1.165) is 10.8 Å². The molecule has 1 N–H and O–H groups in total. The van der Waals surface area contributed by atoms with Crippen LogP contribution in [0.1, 0.15) is 47.1 Å². The monoisotopic (exact) mass is 354 g/mol. The number of hydrogen-bond acceptors (Lipinski definition) is 1. The number of aromatic hydroxyl groups is 1. The van der Waals surface area contributed by atoms with Gasteiger partial charge in [-0.15, -0.1) is 5.54 Å². The molecule has 0 heterocycles. The summed E-state index contributed by atoms with van der Waals surface area (Å²) in [5, 5.41) is 11.3. The second-order valence-electron chi connectivity index (χ2n) is 7.60. The molecule has 3 heteroatoms. The Morgan fingerprint density at radius 3 is 2.12 bits per heavy atom. The van der Waals surface area contributed by atoms with E-state index in [-0.39, 0.29) is 16.6 Å². The van der Waals surface area contributed by atoms with E-state index in [1.54, 1.807) is 24.3 Å². The van der Waals surface area contributed by atoms with Gasteiger partial charge in [-0.25, -0.2) is 4.39 Å². The molecule has 0 aromatic heterocycles. The highest BCUT2D eigenvalue weighted by molar-refractivity contribution is 6.50. The molecule has 0 saturated heterocycles. The maximum Gasteiger partial charge on any atom is 0.156 e. The van der Waals surface area contributed by atoms with E-state index in [4.69, 9.17) is 0 Å². The lowest BCUT2D eigenvalue weighted by molar-refractivity contribution is 0.233. The van der Waals surface area contributed by atoms with E-state index >= 15 is 0 Å². The molecule has 2 aromatic rings. The largest absolute Gasteiger partial charge is 0.508 e. The molecule has 0 spiro atoms. The third kappa shape index (κ3) is 3.74. The zero-order valence-corrected chi connectivity index (χ0v) is 16.9. The van der Waals surface area contributed by atoms with Crippen LogP contribution in [0.4, 0.5) is 4.39 Å². The van der Waals surface area contributed by atoms with Gasteiger partial charge >= 0.3 is 0 Å². The molecule has 0 bridgehead atoms. The second-order valence-corrected chi connectivity index (χ2v) is 8.97. The quantitative estimate of drug-likeness (QED) is 0.541. The minimum Gasteiger partial charge on any atom is -0.508 e. The highest BCUT2D eigenvalue weighted by atomic mass is 28.2. The summed E-state index contributed by atoms with van der Waals surface area (Å²) in [6.45, 7) is 13.6. The molecule has 0 amide bonds. The average Bonchev–Trinajstić information content (AvgIpc) is 2.52. The highest BCUT2D eigenvalue weighted by Gasteiger charge is 2.40. The Kier molecular flexibility index (Phi) is 5.95. The Morgan fingerprint density at radius 1 is 0.960 bits per heavy atom. The van der Waals surface area contributed by atoms with Gasteiger partial charge in [-0.3, -0.25) is 0 Å². The molecule has 0 aliphatic heterocycles. The molecule has 2 rings (SSSR count). The molecular weight excluding hydrogens is 327 g/mol. The molecule has 0 fully saturated rings. The first kappa shape index (κ1) is 19.5. The first-order chi connectivity index (χ1) is 11.7. The minimum absolute atomic E-state index is 0.131. The maximum absolute atomic E-state index is 14.4. The first-order valence-electron chi connectivity index (χ1n) is 8.89. The standard InChI is InChI=1S/C22H27FOSi/c1-14(2)22(15(3)4,16(5)6)25-12-11-20-19-9-8-18(24)13-17(19)7-10-21(20)23/h7-10,13-16,24H,1-6H3. The summed E-state index contributed by atoms with van der Waals surface area (Å²) in [5.41, 5.74) is 3.74. The lowest BCUT2D eigenvalue weighted by Crippen LogP contribution is -2.36. The van der Waals surface area contributed by atoms with Crippen LogP contribution in [-0.2, 0) is 0 Å². The van der Waals surface area contributed by atoms with Crippen LogP contribution in [0.3, 0.4) is 0 Å². The molecule has 132 valence electrons. The van der Waals surface area contributed by atoms with Crippen LogP contribution in [0.15, 0.2) is 30.3 Å². The van der Waals surface area contributed by atoms with Gasteiger partial charge in [0.25, 0.3) is 0 Å². The average molecular weight is 355 g/mol. The molecular formula is C22H27FOSi. The summed E-state index contributed by atoms with van der Waals surface area (Å²) >= 11 is 0. The van der Waals surface area contributed by atoms with Crippen LogP contribution in [0.25, 0.3) is 10.8 Å². The molecule has 0 aliphatic carbocycles. The van der Waals surface area contributed by atoms with Crippen molar-refractivity contribution < 1.29 is 9.50 Å². The zero-order chi connectivity index (χ0) is 18.8. The van der Waals surface area contributed by atoms with Crippen molar-refractivity contribution in [2.45, 2.75) is 46.6 Å². The Bertz CT molecular complexity index is 790. The van der Waals surface area contributed by atoms with Gasteiger partial charge in [-0.2, -0.15) is 0 Å². The van der Waals surface area contributed by atoms with Gasteiger partial charge in [0.2, 0.25) is 0 Å². The lowest BCUT2D eigenvalue weighted by Gasteiger charge is -2.43. The van der Waals surface area contributed by atoms with Gasteiger partial charge in [0.05, 0.1) is 5.56 Å². The Hall–Kier alpha value is -1.79. The maximum atomic E-state index is 14.4. The van der Waals surface area contributed by atoms with Gasteiger partial charge in [-0.1, -0.05) is 53.5 Å². The minimum atomic E-state index is -0.306. The van der Waals surface area contributed by atoms with E-state index in [1.165, 1.54) is 6.07 Å². The first-order valence-corrected chi connectivity index (χ1v) is 9.89. The summed E-state index contributed by atoms with van der Waals surface area (Å²) in [6, 6.07) is 8.06. The van der Waals surface area contributed by atoms with Crippen molar-refractivity contribution in [2.24, 2.45) is 17.8 Å². The fraction of sp³-hybridized carbons (Fsp3) is 0.455. The fourth-order valence-corrected chi connectivity index (χ4v) is 5.32. The lowest BCUT2D eigenvalue weighted by atomic mass is 9.76. The normalized spacial score (nSPS) is 12.1. The smallest absolute Gasteiger partial charge is 0.156 e. The number of halogens is 1. The Labute approximate surface area is 153 Å². The molecule has 2 radical (unpaired) electrons. The number of benzene rings is 2. The number of fused-ring (bicyclic) bond motifs is 1. The predicted molar refractivity (Wildman–Crippen MR) is 105 cm³/mol.